The van der Waals surface area contributed by atoms with E-state index in [-0.39, 0.29) is 29.7 Å². The fraction of sp³-hybridized carbons (Fsp3) is 0.385. The van der Waals surface area contributed by atoms with Crippen LogP contribution in [0.15, 0.2) is 56.2 Å². The maximum Gasteiger partial charge on any atom is 0.273 e. The molecule has 3 heterocycles. The molecule has 36 heavy (non-hydrogen) atoms. The fourth-order valence-corrected chi connectivity index (χ4v) is 6.59. The number of nitrogens with one attached hydrogen (secondary N) is 1. The Morgan fingerprint density at radius 3 is 2.92 bits per heavy atom. The lowest BCUT2D eigenvalue weighted by Crippen LogP contribution is -2.54. The number of hydrogen-bond donors (Lipinski definition) is 2. The Bertz CT molecular complexity index is 1300. The van der Waals surface area contributed by atoms with Gasteiger partial charge in [-0.25, -0.2) is 9.98 Å². The molecule has 1 fully saturated rings. The number of amides is 1. The van der Waals surface area contributed by atoms with Crippen molar-refractivity contribution in [3.8, 4) is 5.75 Å². The van der Waals surface area contributed by atoms with Gasteiger partial charge < -0.3 is 20.2 Å². The normalized spacial score (nSPS) is 27.6. The van der Waals surface area contributed by atoms with Crippen molar-refractivity contribution >= 4 is 46.7 Å². The summed E-state index contributed by atoms with van der Waals surface area (Å²) in [5, 5.41) is 4.34. The van der Waals surface area contributed by atoms with Crippen LogP contribution in [0.5, 0.6) is 5.75 Å². The van der Waals surface area contributed by atoms with Crippen LogP contribution >= 0.6 is 23.4 Å². The van der Waals surface area contributed by atoms with E-state index in [0.29, 0.717) is 28.3 Å². The number of carbonyl (C=O) groups is 1. The van der Waals surface area contributed by atoms with E-state index in [1.807, 2.05) is 25.1 Å². The first-order valence-corrected chi connectivity index (χ1v) is 13.2. The lowest BCUT2D eigenvalue weighted by molar-refractivity contribution is 0.0155. The SMILES string of the molecule is C=NC=C(C=C(C)Cl)c1ccc2c(c1)C1(CSC(N)=N1)C1CC(NC(=O)c3coc(C)n3)CCC1O2. The van der Waals surface area contributed by atoms with Gasteiger partial charge in [0.1, 0.15) is 23.7 Å². The molecule has 188 valence electrons. The topological polar surface area (TPSA) is 115 Å². The Morgan fingerprint density at radius 2 is 2.25 bits per heavy atom. The number of allylic oxidation sites excluding steroid dienone is 3. The third kappa shape index (κ3) is 4.57. The van der Waals surface area contributed by atoms with E-state index in [1.165, 1.54) is 6.26 Å². The van der Waals surface area contributed by atoms with E-state index < -0.39 is 5.54 Å². The number of halogens is 1. The van der Waals surface area contributed by atoms with E-state index in [2.05, 4.69) is 28.1 Å². The highest BCUT2D eigenvalue weighted by Gasteiger charge is 2.54. The second-order valence-corrected chi connectivity index (χ2v) is 11.0. The van der Waals surface area contributed by atoms with E-state index in [4.69, 9.17) is 31.5 Å². The zero-order valence-corrected chi connectivity index (χ0v) is 21.7. The molecule has 8 nitrogen and oxygen atoms in total. The molecule has 1 aromatic carbocycles. The van der Waals surface area contributed by atoms with Crippen molar-refractivity contribution in [2.24, 2.45) is 21.6 Å². The van der Waals surface area contributed by atoms with Gasteiger partial charge in [-0.15, -0.1) is 0 Å². The summed E-state index contributed by atoms with van der Waals surface area (Å²) in [6, 6.07) is 6.06. The Labute approximate surface area is 219 Å². The molecule has 4 atom stereocenters. The Morgan fingerprint density at radius 1 is 1.42 bits per heavy atom. The molecule has 3 N–H and O–H groups in total. The van der Waals surface area contributed by atoms with E-state index in [9.17, 15) is 4.79 Å². The van der Waals surface area contributed by atoms with Crippen LogP contribution < -0.4 is 15.8 Å². The van der Waals surface area contributed by atoms with Crippen molar-refractivity contribution < 1.29 is 13.9 Å². The summed E-state index contributed by atoms with van der Waals surface area (Å²) in [6.07, 6.45) is 7.23. The van der Waals surface area contributed by atoms with Crippen LogP contribution in [0, 0.1) is 12.8 Å². The first-order valence-electron chi connectivity index (χ1n) is 11.8. The van der Waals surface area contributed by atoms with Gasteiger partial charge in [0.2, 0.25) is 0 Å². The molecule has 1 saturated carbocycles. The average Bonchev–Trinajstić information content (AvgIpc) is 3.45. The number of nitrogens with zero attached hydrogens (tertiary/aromatic N) is 3. The van der Waals surface area contributed by atoms with Crippen molar-refractivity contribution in [1.29, 1.82) is 0 Å². The monoisotopic (exact) mass is 525 g/mol. The van der Waals surface area contributed by atoms with Gasteiger partial charge in [-0.3, -0.25) is 9.79 Å². The molecular formula is C26H28ClN5O3S. The molecule has 2 aromatic rings. The molecule has 1 spiro atoms. The van der Waals surface area contributed by atoms with E-state index >= 15 is 0 Å². The minimum atomic E-state index is -0.552. The van der Waals surface area contributed by atoms with Gasteiger partial charge >= 0.3 is 0 Å². The number of thioether (sulfide) groups is 1. The van der Waals surface area contributed by atoms with Gasteiger partial charge in [-0.2, -0.15) is 0 Å². The number of carbonyl (C=O) groups excluding carboxylic acids is 1. The van der Waals surface area contributed by atoms with Crippen LogP contribution in [0.2, 0.25) is 0 Å². The summed E-state index contributed by atoms with van der Waals surface area (Å²) in [7, 11) is 0. The number of oxazole rings is 1. The summed E-state index contributed by atoms with van der Waals surface area (Å²) in [4.78, 5) is 25.9. The Kier molecular flexibility index (Phi) is 6.70. The Hall–Kier alpha value is -3.04. The minimum Gasteiger partial charge on any atom is -0.490 e. The molecule has 0 saturated heterocycles. The van der Waals surface area contributed by atoms with Gasteiger partial charge in [-0.1, -0.05) is 29.4 Å². The first kappa shape index (κ1) is 24.6. The number of aryl methyl sites for hydroxylation is 1. The predicted octanol–water partition coefficient (Wildman–Crippen LogP) is 4.78. The van der Waals surface area contributed by atoms with Gasteiger partial charge in [-0.05, 0) is 56.7 Å². The number of nitrogens with two attached hydrogens (primary N) is 1. The molecule has 1 aromatic heterocycles. The number of rotatable bonds is 5. The molecule has 1 aliphatic carbocycles. The van der Waals surface area contributed by atoms with Crippen LogP contribution in [0.3, 0.4) is 0 Å². The molecule has 2 aliphatic heterocycles. The number of aliphatic imine (C=N–C) groups is 2. The van der Waals surface area contributed by atoms with Gasteiger partial charge in [0.15, 0.2) is 16.8 Å². The zero-order chi connectivity index (χ0) is 25.4. The molecule has 4 unspecified atom stereocenters. The largest absolute Gasteiger partial charge is 0.490 e. The highest BCUT2D eigenvalue weighted by molar-refractivity contribution is 8.14. The molecule has 3 aliphatic rings. The Balaban J connectivity index is 1.50. The van der Waals surface area contributed by atoms with Gasteiger partial charge in [0.25, 0.3) is 5.91 Å². The van der Waals surface area contributed by atoms with Crippen molar-refractivity contribution in [1.82, 2.24) is 10.3 Å². The number of aromatic nitrogens is 1. The number of benzene rings is 1. The average molecular weight is 526 g/mol. The van der Waals surface area contributed by atoms with Crippen LogP contribution in [0.1, 0.15) is 53.7 Å². The summed E-state index contributed by atoms with van der Waals surface area (Å²) in [5.74, 6) is 1.80. The molecule has 0 bridgehead atoms. The third-order valence-electron chi connectivity index (χ3n) is 6.98. The van der Waals surface area contributed by atoms with Crippen molar-refractivity contribution in [2.45, 2.75) is 50.8 Å². The number of ether oxygens (including phenoxy) is 1. The molecule has 0 radical (unpaired) electrons. The van der Waals surface area contributed by atoms with E-state index in [0.717, 1.165) is 35.3 Å². The minimum absolute atomic E-state index is 0.0177. The quantitative estimate of drug-likeness (QED) is 0.428. The van der Waals surface area contributed by atoms with Crippen molar-refractivity contribution in [2.75, 3.05) is 5.75 Å². The zero-order valence-electron chi connectivity index (χ0n) is 20.2. The predicted molar refractivity (Wildman–Crippen MR) is 144 cm³/mol. The summed E-state index contributed by atoms with van der Waals surface area (Å²) in [5.41, 5.74) is 8.76. The lowest BCUT2D eigenvalue weighted by Gasteiger charge is -2.48. The van der Waals surface area contributed by atoms with Crippen molar-refractivity contribution in [3.63, 3.8) is 0 Å². The summed E-state index contributed by atoms with van der Waals surface area (Å²) in [6.45, 7) is 7.14. The maximum atomic E-state index is 12.8. The van der Waals surface area contributed by atoms with Gasteiger partial charge in [0, 0.05) is 47.0 Å². The molecule has 10 heteroatoms. The number of hydrogen-bond acceptors (Lipinski definition) is 8. The second-order valence-electron chi connectivity index (χ2n) is 9.37. The summed E-state index contributed by atoms with van der Waals surface area (Å²) >= 11 is 7.74. The first-order chi connectivity index (χ1) is 17.3. The van der Waals surface area contributed by atoms with Gasteiger partial charge in [0.05, 0.1) is 0 Å². The maximum absolute atomic E-state index is 12.8. The highest BCUT2D eigenvalue weighted by Crippen LogP contribution is 2.54. The van der Waals surface area contributed by atoms with Crippen LogP contribution in [-0.4, -0.2) is 40.7 Å². The molecule has 1 amide bonds. The van der Waals surface area contributed by atoms with Crippen molar-refractivity contribution in [3.05, 3.63) is 64.5 Å². The van der Waals surface area contributed by atoms with Crippen LogP contribution in [0.25, 0.3) is 5.57 Å². The fourth-order valence-electron chi connectivity index (χ4n) is 5.44. The van der Waals surface area contributed by atoms with E-state index in [1.54, 1.807) is 24.9 Å². The molecular weight excluding hydrogens is 498 g/mol. The number of amidine groups is 1. The third-order valence-corrected chi connectivity index (χ3v) is 8.06. The number of fused-ring (bicyclic) bond motifs is 4. The smallest absolute Gasteiger partial charge is 0.273 e. The standard InChI is InChI=1S/C26H28ClN5O3S/c1-14(27)8-17(11-29-3)16-4-6-22-19(9-16)26(13-36-25(28)32-26)20-10-18(5-7-23(20)35-22)31-24(33)21-12-34-15(2)30-21/h4,6,8-9,11-12,18,20,23H,3,5,7,10,13H2,1-2H3,(H2,28,32)(H,31,33). The molecule has 5 rings (SSSR count). The second kappa shape index (κ2) is 9.78. The lowest BCUT2D eigenvalue weighted by atomic mass is 9.67. The highest BCUT2D eigenvalue weighted by atomic mass is 35.5. The summed E-state index contributed by atoms with van der Waals surface area (Å²) < 4.78 is 11.7. The van der Waals surface area contributed by atoms with Crippen LogP contribution in [0.4, 0.5) is 0 Å². The van der Waals surface area contributed by atoms with Crippen LogP contribution in [-0.2, 0) is 5.54 Å².